The first-order valence-corrected chi connectivity index (χ1v) is 10.8. The number of imidazole rings is 1. The van der Waals surface area contributed by atoms with E-state index in [1.54, 1.807) is 29.2 Å². The lowest BCUT2D eigenvalue weighted by molar-refractivity contribution is 0.0680. The number of nitrogens with zero attached hydrogens (tertiary/aromatic N) is 5. The van der Waals surface area contributed by atoms with Crippen LogP contribution in [0.1, 0.15) is 29.0 Å². The predicted molar refractivity (Wildman–Crippen MR) is 121 cm³/mol. The number of amides is 1. The van der Waals surface area contributed by atoms with E-state index < -0.39 is 0 Å². The summed E-state index contributed by atoms with van der Waals surface area (Å²) in [5, 5.41) is 4.56. The first kappa shape index (κ1) is 20.1. The first-order chi connectivity index (χ1) is 15.6. The molecular weight excluding hydrogens is 404 g/mol. The van der Waals surface area contributed by atoms with Crippen LogP contribution in [0.4, 0.5) is 0 Å². The molecule has 3 aromatic heterocycles. The maximum Gasteiger partial charge on any atom is 0.266 e. The van der Waals surface area contributed by atoms with Crippen LogP contribution < -0.4 is 5.56 Å². The number of benzene rings is 1. The normalized spacial score (nSPS) is 14.7. The molecule has 1 aliphatic heterocycles. The van der Waals surface area contributed by atoms with Gasteiger partial charge in [0.15, 0.2) is 0 Å². The highest BCUT2D eigenvalue weighted by Crippen LogP contribution is 2.22. The minimum atomic E-state index is -0.107. The number of aromatic nitrogens is 5. The van der Waals surface area contributed by atoms with Crippen molar-refractivity contribution in [3.8, 4) is 11.3 Å². The van der Waals surface area contributed by atoms with E-state index in [1.807, 2.05) is 42.2 Å². The van der Waals surface area contributed by atoms with Gasteiger partial charge in [-0.3, -0.25) is 14.6 Å². The number of piperidine rings is 1. The second-order valence-electron chi connectivity index (χ2n) is 8.26. The third kappa shape index (κ3) is 4.03. The fourth-order valence-corrected chi connectivity index (χ4v) is 4.27. The lowest BCUT2D eigenvalue weighted by atomic mass is 9.96. The summed E-state index contributed by atoms with van der Waals surface area (Å²) in [6, 6.07) is 12.7. The SMILES string of the molecule is Cc1nc2ccc(C(=O)N3CCC(Cn4nc(-c5ccncc5)ccc4=O)CC3)cc2[nH]1. The van der Waals surface area contributed by atoms with Gasteiger partial charge in [0.25, 0.3) is 11.5 Å². The quantitative estimate of drug-likeness (QED) is 0.539. The molecule has 0 radical (unpaired) electrons. The van der Waals surface area contributed by atoms with Crippen LogP contribution in [0.15, 0.2) is 59.7 Å². The van der Waals surface area contributed by atoms with Crippen molar-refractivity contribution in [3.63, 3.8) is 0 Å². The van der Waals surface area contributed by atoms with Gasteiger partial charge < -0.3 is 9.88 Å². The topological polar surface area (TPSA) is 96.8 Å². The number of H-pyrrole nitrogens is 1. The largest absolute Gasteiger partial charge is 0.342 e. The van der Waals surface area contributed by atoms with Gasteiger partial charge >= 0.3 is 0 Å². The minimum absolute atomic E-state index is 0.0348. The third-order valence-electron chi connectivity index (χ3n) is 6.02. The van der Waals surface area contributed by atoms with Crippen molar-refractivity contribution in [2.75, 3.05) is 13.1 Å². The van der Waals surface area contributed by atoms with Gasteiger partial charge in [-0.2, -0.15) is 5.10 Å². The van der Waals surface area contributed by atoms with E-state index in [1.165, 1.54) is 0 Å². The molecule has 1 saturated heterocycles. The van der Waals surface area contributed by atoms with Gasteiger partial charge in [0, 0.05) is 49.2 Å². The molecule has 1 aliphatic rings. The molecule has 5 rings (SSSR count). The number of pyridine rings is 1. The lowest BCUT2D eigenvalue weighted by Crippen LogP contribution is -2.40. The molecule has 0 unspecified atom stereocenters. The monoisotopic (exact) mass is 428 g/mol. The lowest BCUT2D eigenvalue weighted by Gasteiger charge is -2.32. The van der Waals surface area contributed by atoms with E-state index in [9.17, 15) is 9.59 Å². The van der Waals surface area contributed by atoms with Crippen LogP contribution in [0.5, 0.6) is 0 Å². The molecule has 4 heterocycles. The summed E-state index contributed by atoms with van der Waals surface area (Å²) in [4.78, 5) is 38.9. The fourth-order valence-electron chi connectivity index (χ4n) is 4.27. The van der Waals surface area contributed by atoms with Gasteiger partial charge in [-0.25, -0.2) is 9.67 Å². The van der Waals surface area contributed by atoms with Crippen molar-refractivity contribution < 1.29 is 4.79 Å². The highest BCUT2D eigenvalue weighted by atomic mass is 16.2. The highest BCUT2D eigenvalue weighted by Gasteiger charge is 2.25. The van der Waals surface area contributed by atoms with Crippen LogP contribution in [-0.2, 0) is 6.54 Å². The van der Waals surface area contributed by atoms with Crippen molar-refractivity contribution in [1.29, 1.82) is 0 Å². The number of carbonyl (C=O) groups is 1. The van der Waals surface area contributed by atoms with E-state index in [-0.39, 0.29) is 11.5 Å². The highest BCUT2D eigenvalue weighted by molar-refractivity contribution is 5.97. The average Bonchev–Trinajstić information content (AvgIpc) is 3.20. The zero-order valence-electron chi connectivity index (χ0n) is 17.9. The summed E-state index contributed by atoms with van der Waals surface area (Å²) < 4.78 is 1.55. The van der Waals surface area contributed by atoms with Gasteiger partial charge in [-0.05, 0) is 62.1 Å². The second kappa shape index (κ2) is 8.37. The van der Waals surface area contributed by atoms with E-state index in [2.05, 4.69) is 20.1 Å². The summed E-state index contributed by atoms with van der Waals surface area (Å²) in [5.41, 5.74) is 3.99. The molecule has 0 bridgehead atoms. The fraction of sp³-hybridized carbons (Fsp3) is 0.292. The average molecular weight is 428 g/mol. The van der Waals surface area contributed by atoms with Crippen molar-refractivity contribution in [3.05, 3.63) is 76.6 Å². The number of nitrogens with one attached hydrogen (secondary N) is 1. The number of aryl methyl sites for hydroxylation is 1. The van der Waals surface area contributed by atoms with Crippen LogP contribution in [-0.4, -0.2) is 48.6 Å². The van der Waals surface area contributed by atoms with Gasteiger partial charge in [0.2, 0.25) is 0 Å². The smallest absolute Gasteiger partial charge is 0.266 e. The Morgan fingerprint density at radius 2 is 1.88 bits per heavy atom. The van der Waals surface area contributed by atoms with Crippen molar-refractivity contribution >= 4 is 16.9 Å². The molecule has 8 heteroatoms. The molecule has 1 amide bonds. The van der Waals surface area contributed by atoms with Crippen LogP contribution >= 0.6 is 0 Å². The molecule has 1 fully saturated rings. The van der Waals surface area contributed by atoms with E-state index in [0.717, 1.165) is 41.0 Å². The first-order valence-electron chi connectivity index (χ1n) is 10.8. The number of hydrogen-bond acceptors (Lipinski definition) is 5. The molecule has 8 nitrogen and oxygen atoms in total. The Kier molecular flexibility index (Phi) is 5.26. The number of likely N-dealkylation sites (tertiary alicyclic amines) is 1. The van der Waals surface area contributed by atoms with E-state index in [0.29, 0.717) is 31.1 Å². The summed E-state index contributed by atoms with van der Waals surface area (Å²) in [6.07, 6.45) is 5.10. The Morgan fingerprint density at radius 3 is 2.66 bits per heavy atom. The molecule has 0 atom stereocenters. The standard InChI is InChI=1S/C24H24N6O2/c1-16-26-21-3-2-19(14-22(21)27-16)24(32)29-12-8-17(9-13-29)15-30-23(31)5-4-20(28-30)18-6-10-25-11-7-18/h2-7,10-11,14,17H,8-9,12-13,15H2,1H3,(H,26,27). The number of hydrogen-bond donors (Lipinski definition) is 1. The van der Waals surface area contributed by atoms with Crippen LogP contribution in [0.25, 0.3) is 22.3 Å². The Balaban J connectivity index is 1.25. The number of aromatic amines is 1. The Bertz CT molecular complexity index is 1320. The number of rotatable bonds is 4. The Labute approximate surface area is 184 Å². The van der Waals surface area contributed by atoms with Gasteiger partial charge in [0.1, 0.15) is 5.82 Å². The van der Waals surface area contributed by atoms with Crippen LogP contribution in [0.3, 0.4) is 0 Å². The summed E-state index contributed by atoms with van der Waals surface area (Å²) in [7, 11) is 0. The van der Waals surface area contributed by atoms with Gasteiger partial charge in [0.05, 0.1) is 16.7 Å². The summed E-state index contributed by atoms with van der Waals surface area (Å²) in [5.74, 6) is 1.17. The van der Waals surface area contributed by atoms with Gasteiger partial charge in [-0.1, -0.05) is 0 Å². The molecule has 0 spiro atoms. The Morgan fingerprint density at radius 1 is 1.09 bits per heavy atom. The van der Waals surface area contributed by atoms with Crippen LogP contribution in [0, 0.1) is 12.8 Å². The molecule has 0 aliphatic carbocycles. The van der Waals surface area contributed by atoms with Crippen molar-refractivity contribution in [1.82, 2.24) is 29.6 Å². The van der Waals surface area contributed by atoms with E-state index in [4.69, 9.17) is 0 Å². The molecule has 1 aromatic carbocycles. The maximum absolute atomic E-state index is 13.0. The number of carbonyl (C=O) groups excluding carboxylic acids is 1. The third-order valence-corrected chi connectivity index (χ3v) is 6.02. The Hall–Kier alpha value is -3.81. The van der Waals surface area contributed by atoms with Crippen LogP contribution in [0.2, 0.25) is 0 Å². The molecule has 32 heavy (non-hydrogen) atoms. The molecule has 4 aromatic rings. The molecule has 1 N–H and O–H groups in total. The predicted octanol–water partition coefficient (Wildman–Crippen LogP) is 3.04. The van der Waals surface area contributed by atoms with Gasteiger partial charge in [-0.15, -0.1) is 0 Å². The minimum Gasteiger partial charge on any atom is -0.342 e. The summed E-state index contributed by atoms with van der Waals surface area (Å²) >= 11 is 0. The van der Waals surface area contributed by atoms with Crippen molar-refractivity contribution in [2.45, 2.75) is 26.3 Å². The zero-order chi connectivity index (χ0) is 22.1. The summed E-state index contributed by atoms with van der Waals surface area (Å²) in [6.45, 7) is 3.79. The maximum atomic E-state index is 13.0. The molecule has 0 saturated carbocycles. The number of fused-ring (bicyclic) bond motifs is 1. The molecular formula is C24H24N6O2. The van der Waals surface area contributed by atoms with Crippen molar-refractivity contribution in [2.24, 2.45) is 5.92 Å². The van der Waals surface area contributed by atoms with E-state index >= 15 is 0 Å². The molecule has 162 valence electrons. The zero-order valence-corrected chi connectivity index (χ0v) is 17.9. The second-order valence-corrected chi connectivity index (χ2v) is 8.26.